The summed E-state index contributed by atoms with van der Waals surface area (Å²) in [5.41, 5.74) is 2.74. The molecule has 3 aromatic carbocycles. The van der Waals surface area contributed by atoms with Crippen LogP contribution in [0.25, 0.3) is 0 Å². The minimum atomic E-state index is -0.785. The molecule has 3 aromatic rings. The lowest BCUT2D eigenvalue weighted by molar-refractivity contribution is -0.143. The predicted molar refractivity (Wildman–Crippen MR) is 152 cm³/mol. The van der Waals surface area contributed by atoms with E-state index in [1.807, 2.05) is 62.4 Å². The molecule has 7 heteroatoms. The van der Waals surface area contributed by atoms with Gasteiger partial charge in [-0.1, -0.05) is 69.3 Å². The normalized spacial score (nSPS) is 12.2. The zero-order valence-electron chi connectivity index (χ0n) is 22.6. The molecule has 0 saturated heterocycles. The number of ether oxygens (including phenoxy) is 1. The summed E-state index contributed by atoms with van der Waals surface area (Å²) in [5.74, 6) is -0.424. The summed E-state index contributed by atoms with van der Waals surface area (Å²) in [6.07, 6.45) is 0.330. The molecule has 38 heavy (non-hydrogen) atoms. The van der Waals surface area contributed by atoms with Crippen LogP contribution in [0.1, 0.15) is 51.3 Å². The molecule has 0 bridgehead atoms. The molecule has 1 atom stereocenters. The summed E-state index contributed by atoms with van der Waals surface area (Å²) < 4.78 is 20.3. The third kappa shape index (κ3) is 8.42. The Morgan fingerprint density at radius 1 is 0.974 bits per heavy atom. The summed E-state index contributed by atoms with van der Waals surface area (Å²) in [7, 11) is 0. The molecule has 5 nitrogen and oxygen atoms in total. The summed E-state index contributed by atoms with van der Waals surface area (Å²) in [4.78, 5) is 28.6. The van der Waals surface area contributed by atoms with E-state index in [9.17, 15) is 14.0 Å². The Morgan fingerprint density at radius 2 is 1.63 bits per heavy atom. The van der Waals surface area contributed by atoms with Crippen molar-refractivity contribution in [3.05, 3.63) is 99.8 Å². The van der Waals surface area contributed by atoms with Gasteiger partial charge in [0.25, 0.3) is 5.91 Å². The number of nitrogens with zero attached hydrogens (tertiary/aromatic N) is 1. The summed E-state index contributed by atoms with van der Waals surface area (Å²) in [6, 6.07) is 20.5. The second-order valence-corrected chi connectivity index (χ2v) is 11.6. The van der Waals surface area contributed by atoms with Gasteiger partial charge in [-0.05, 0) is 76.1 Å². The summed E-state index contributed by atoms with van der Waals surface area (Å²) in [5, 5.41) is 2.96. The molecule has 202 valence electrons. The van der Waals surface area contributed by atoms with Crippen molar-refractivity contribution in [3.8, 4) is 5.75 Å². The van der Waals surface area contributed by atoms with E-state index < -0.39 is 6.04 Å². The highest BCUT2D eigenvalue weighted by Gasteiger charge is 2.31. The first-order valence-electron chi connectivity index (χ1n) is 12.7. The number of rotatable bonds is 10. The summed E-state index contributed by atoms with van der Waals surface area (Å²) >= 11 is 3.56. The second-order valence-electron chi connectivity index (χ2n) is 10.7. The Hall–Kier alpha value is -3.19. The Balaban J connectivity index is 1.90. The third-order valence-corrected chi connectivity index (χ3v) is 6.74. The molecule has 0 aliphatic heterocycles. The molecule has 0 unspecified atom stereocenters. The van der Waals surface area contributed by atoms with Crippen LogP contribution in [0.4, 0.5) is 4.39 Å². The Morgan fingerprint density at radius 3 is 2.21 bits per heavy atom. The highest BCUT2D eigenvalue weighted by atomic mass is 79.9. The molecule has 0 aliphatic carbocycles. The Bertz CT molecular complexity index is 1220. The van der Waals surface area contributed by atoms with Gasteiger partial charge in [0.15, 0.2) is 6.61 Å². The van der Waals surface area contributed by atoms with Gasteiger partial charge >= 0.3 is 0 Å². The molecule has 0 saturated carbocycles. The monoisotopic (exact) mass is 582 g/mol. The minimum Gasteiger partial charge on any atom is -0.483 e. The number of nitrogens with one attached hydrogen (secondary N) is 1. The molecule has 0 heterocycles. The van der Waals surface area contributed by atoms with Gasteiger partial charge in [0.1, 0.15) is 17.6 Å². The van der Waals surface area contributed by atoms with Crippen LogP contribution in [0.5, 0.6) is 5.75 Å². The first-order valence-corrected chi connectivity index (χ1v) is 13.5. The van der Waals surface area contributed by atoms with Crippen molar-refractivity contribution in [2.24, 2.45) is 0 Å². The summed E-state index contributed by atoms with van der Waals surface area (Å²) in [6.45, 7) is 10.0. The average molecular weight is 584 g/mol. The van der Waals surface area contributed by atoms with Gasteiger partial charge in [0.05, 0.1) is 4.47 Å². The Kier molecular flexibility index (Phi) is 10.1. The van der Waals surface area contributed by atoms with Gasteiger partial charge in [0.2, 0.25) is 5.91 Å². The van der Waals surface area contributed by atoms with Gasteiger partial charge in [0, 0.05) is 19.0 Å². The zero-order chi connectivity index (χ0) is 27.9. The smallest absolute Gasteiger partial charge is 0.261 e. The fourth-order valence-electron chi connectivity index (χ4n) is 4.03. The van der Waals surface area contributed by atoms with E-state index in [2.05, 4.69) is 42.0 Å². The van der Waals surface area contributed by atoms with Crippen LogP contribution in [-0.2, 0) is 28.0 Å². The lowest BCUT2D eigenvalue weighted by atomic mass is 9.87. The SMILES string of the molecule is CC(C)NC(=O)[C@@H](Cc1ccccc1)N(Cc1ccc(F)cc1)C(=O)COc1ccc(C(C)(C)C)cc1Br. The van der Waals surface area contributed by atoms with Crippen LogP contribution in [0.2, 0.25) is 0 Å². The lowest BCUT2D eigenvalue weighted by Gasteiger charge is -2.32. The van der Waals surface area contributed by atoms with E-state index in [1.165, 1.54) is 17.0 Å². The van der Waals surface area contributed by atoms with Crippen molar-refractivity contribution in [1.29, 1.82) is 0 Å². The number of amides is 2. The van der Waals surface area contributed by atoms with E-state index in [-0.39, 0.29) is 42.2 Å². The van der Waals surface area contributed by atoms with Crippen molar-refractivity contribution >= 4 is 27.7 Å². The van der Waals surface area contributed by atoms with E-state index in [4.69, 9.17) is 4.74 Å². The third-order valence-electron chi connectivity index (χ3n) is 6.12. The van der Waals surface area contributed by atoms with Crippen molar-refractivity contribution in [2.45, 2.75) is 65.1 Å². The molecule has 0 aromatic heterocycles. The van der Waals surface area contributed by atoms with Crippen LogP contribution in [0.15, 0.2) is 77.3 Å². The van der Waals surface area contributed by atoms with Gasteiger partial charge in [-0.3, -0.25) is 9.59 Å². The standard InChI is InChI=1S/C31H36BrFN2O3/c1-21(2)34-30(37)27(17-22-9-7-6-8-10-22)35(19-23-11-14-25(33)15-12-23)29(36)20-38-28-16-13-24(18-26(28)32)31(3,4)5/h6-16,18,21,27H,17,19-20H2,1-5H3,(H,34,37)/t27-/m1/s1. The highest BCUT2D eigenvalue weighted by molar-refractivity contribution is 9.10. The zero-order valence-corrected chi connectivity index (χ0v) is 24.2. The van der Waals surface area contributed by atoms with E-state index in [0.29, 0.717) is 17.7 Å². The van der Waals surface area contributed by atoms with Crippen molar-refractivity contribution in [1.82, 2.24) is 10.2 Å². The highest BCUT2D eigenvalue weighted by Crippen LogP contribution is 2.31. The number of hydrogen-bond acceptors (Lipinski definition) is 3. The fourth-order valence-corrected chi connectivity index (χ4v) is 4.52. The molecular formula is C31H36BrFN2O3. The quantitative estimate of drug-likeness (QED) is 0.299. The van der Waals surface area contributed by atoms with Gasteiger partial charge < -0.3 is 15.0 Å². The number of carbonyl (C=O) groups excluding carboxylic acids is 2. The van der Waals surface area contributed by atoms with E-state index in [0.717, 1.165) is 15.6 Å². The van der Waals surface area contributed by atoms with Crippen molar-refractivity contribution in [3.63, 3.8) is 0 Å². The Labute approximate surface area is 233 Å². The number of carbonyl (C=O) groups is 2. The fraction of sp³-hybridized carbons (Fsp3) is 0.355. The van der Waals surface area contributed by atoms with E-state index >= 15 is 0 Å². The maximum Gasteiger partial charge on any atom is 0.261 e. The molecule has 3 rings (SSSR count). The van der Waals surface area contributed by atoms with Gasteiger partial charge in [-0.25, -0.2) is 4.39 Å². The predicted octanol–water partition coefficient (Wildman–Crippen LogP) is 6.43. The van der Waals surface area contributed by atoms with Crippen LogP contribution < -0.4 is 10.1 Å². The molecule has 0 spiro atoms. The van der Waals surface area contributed by atoms with Crippen LogP contribution >= 0.6 is 15.9 Å². The van der Waals surface area contributed by atoms with Crippen molar-refractivity contribution in [2.75, 3.05) is 6.61 Å². The second kappa shape index (κ2) is 13.1. The average Bonchev–Trinajstić information content (AvgIpc) is 2.86. The number of benzene rings is 3. The first-order chi connectivity index (χ1) is 17.9. The molecule has 2 amide bonds. The minimum absolute atomic E-state index is 0.0305. The van der Waals surface area contributed by atoms with Gasteiger partial charge in [-0.15, -0.1) is 0 Å². The first kappa shape index (κ1) is 29.4. The molecule has 1 N–H and O–H groups in total. The molecule has 0 fully saturated rings. The van der Waals surface area contributed by atoms with E-state index in [1.54, 1.807) is 12.1 Å². The number of halogens is 2. The molecular weight excluding hydrogens is 547 g/mol. The molecule has 0 radical (unpaired) electrons. The van der Waals surface area contributed by atoms with Crippen LogP contribution in [-0.4, -0.2) is 35.4 Å². The lowest BCUT2D eigenvalue weighted by Crippen LogP contribution is -2.52. The van der Waals surface area contributed by atoms with Crippen LogP contribution in [0.3, 0.4) is 0 Å². The topological polar surface area (TPSA) is 58.6 Å². The number of hydrogen-bond donors (Lipinski definition) is 1. The van der Waals surface area contributed by atoms with Crippen LogP contribution in [0, 0.1) is 5.82 Å². The largest absolute Gasteiger partial charge is 0.483 e. The maximum absolute atomic E-state index is 13.7. The van der Waals surface area contributed by atoms with Crippen molar-refractivity contribution < 1.29 is 18.7 Å². The maximum atomic E-state index is 13.7. The van der Waals surface area contributed by atoms with Gasteiger partial charge in [-0.2, -0.15) is 0 Å². The molecule has 0 aliphatic rings.